The summed E-state index contributed by atoms with van der Waals surface area (Å²) in [6.45, 7) is 16.3. The number of ether oxygens (including phenoxy) is 5. The van der Waals surface area contributed by atoms with E-state index in [4.69, 9.17) is 33.8 Å². The van der Waals surface area contributed by atoms with E-state index in [1.165, 1.54) is 0 Å². The van der Waals surface area contributed by atoms with Crippen molar-refractivity contribution in [2.24, 2.45) is 0 Å². The summed E-state index contributed by atoms with van der Waals surface area (Å²) in [5.74, 6) is 1.92. The second-order valence-corrected chi connectivity index (χ2v) is 14.7. The van der Waals surface area contributed by atoms with Crippen molar-refractivity contribution in [2.75, 3.05) is 38.3 Å². The van der Waals surface area contributed by atoms with Crippen LogP contribution in [0.25, 0.3) is 28.0 Å². The minimum Gasteiger partial charge on any atom is -0.497 e. The fraction of sp³-hybridized carbons (Fsp3) is 0.525. The molecule has 2 atom stereocenters. The van der Waals surface area contributed by atoms with Gasteiger partial charge < -0.3 is 28.6 Å². The van der Waals surface area contributed by atoms with Gasteiger partial charge in [0.05, 0.1) is 42.3 Å². The molecule has 0 N–H and O–H groups in total. The van der Waals surface area contributed by atoms with Crippen LogP contribution >= 0.6 is 0 Å². The lowest BCUT2D eigenvalue weighted by atomic mass is 9.92. The van der Waals surface area contributed by atoms with Crippen molar-refractivity contribution in [2.45, 2.75) is 104 Å². The van der Waals surface area contributed by atoms with Gasteiger partial charge in [-0.1, -0.05) is 18.2 Å². The molecular formula is C40H52N4O6. The molecule has 2 aromatic heterocycles. The Balaban J connectivity index is 1.54. The van der Waals surface area contributed by atoms with Crippen molar-refractivity contribution in [3.8, 4) is 33.9 Å². The van der Waals surface area contributed by atoms with E-state index in [2.05, 4.69) is 36.9 Å². The number of aryl methyl sites for hydroxylation is 1. The number of benzene rings is 2. The van der Waals surface area contributed by atoms with Gasteiger partial charge in [-0.15, -0.1) is 0 Å². The Morgan fingerprint density at radius 2 is 1.84 bits per heavy atom. The summed E-state index contributed by atoms with van der Waals surface area (Å²) in [6.07, 6.45) is 3.60. The molecule has 0 radical (unpaired) electrons. The van der Waals surface area contributed by atoms with Crippen LogP contribution in [0.1, 0.15) is 91.0 Å². The van der Waals surface area contributed by atoms with Crippen molar-refractivity contribution >= 4 is 17.4 Å². The van der Waals surface area contributed by atoms with Crippen molar-refractivity contribution in [3.05, 3.63) is 59.8 Å². The lowest BCUT2D eigenvalue weighted by Gasteiger charge is -2.41. The Kier molecular flexibility index (Phi) is 10.4. The third-order valence-corrected chi connectivity index (χ3v) is 9.60. The monoisotopic (exact) mass is 684 g/mol. The number of hydrogen-bond donors (Lipinski definition) is 0. The van der Waals surface area contributed by atoms with Crippen molar-refractivity contribution in [1.29, 1.82) is 0 Å². The van der Waals surface area contributed by atoms with Crippen LogP contribution in [0.15, 0.2) is 48.5 Å². The van der Waals surface area contributed by atoms with Gasteiger partial charge in [0.15, 0.2) is 11.8 Å². The van der Waals surface area contributed by atoms with Crippen molar-refractivity contribution in [1.82, 2.24) is 14.6 Å². The molecule has 1 fully saturated rings. The van der Waals surface area contributed by atoms with Gasteiger partial charge in [0.2, 0.25) is 0 Å². The summed E-state index contributed by atoms with van der Waals surface area (Å²) in [5.41, 5.74) is 4.82. The van der Waals surface area contributed by atoms with Gasteiger partial charge in [0, 0.05) is 42.6 Å². The maximum absolute atomic E-state index is 13.7. The van der Waals surface area contributed by atoms with Gasteiger partial charge in [-0.2, -0.15) is 9.61 Å². The van der Waals surface area contributed by atoms with Crippen molar-refractivity contribution in [3.63, 3.8) is 0 Å². The summed E-state index contributed by atoms with van der Waals surface area (Å²) >= 11 is 0. The number of carbonyl (C=O) groups excluding carboxylic acids is 1. The van der Waals surface area contributed by atoms with Crippen LogP contribution < -0.4 is 14.4 Å². The quantitative estimate of drug-likeness (QED) is 0.193. The molecule has 5 heterocycles. The number of fused-ring (bicyclic) bond motifs is 8. The van der Waals surface area contributed by atoms with Gasteiger partial charge in [-0.3, -0.25) is 0 Å². The van der Waals surface area contributed by atoms with E-state index >= 15 is 0 Å². The lowest BCUT2D eigenvalue weighted by Crippen LogP contribution is -2.46. The van der Waals surface area contributed by atoms with Gasteiger partial charge in [0.1, 0.15) is 17.3 Å². The molecule has 10 nitrogen and oxygen atoms in total. The van der Waals surface area contributed by atoms with E-state index in [-0.39, 0.29) is 18.3 Å². The number of aromatic nitrogens is 3. The Morgan fingerprint density at radius 1 is 1.08 bits per heavy atom. The second-order valence-electron chi connectivity index (χ2n) is 14.7. The smallest absolute Gasteiger partial charge is 0.340 e. The van der Waals surface area contributed by atoms with Crippen LogP contribution in [0.3, 0.4) is 0 Å². The van der Waals surface area contributed by atoms with Crippen LogP contribution in [0.4, 0.5) is 5.82 Å². The summed E-state index contributed by atoms with van der Waals surface area (Å²) in [4.78, 5) is 21.0. The topological polar surface area (TPSA) is 96.7 Å². The normalized spacial score (nSPS) is 20.6. The van der Waals surface area contributed by atoms with Gasteiger partial charge >= 0.3 is 5.97 Å². The zero-order chi connectivity index (χ0) is 35.6. The average Bonchev–Trinajstić information content (AvgIpc) is 3.50. The molecule has 7 rings (SSSR count). The Hall–Kier alpha value is -4.15. The van der Waals surface area contributed by atoms with Gasteiger partial charge in [-0.05, 0) is 110 Å². The van der Waals surface area contributed by atoms with Crippen LogP contribution in [-0.2, 0) is 19.0 Å². The van der Waals surface area contributed by atoms with E-state index in [1.807, 2.05) is 69.5 Å². The molecule has 0 aliphatic carbocycles. The number of esters is 1. The lowest BCUT2D eigenvalue weighted by molar-refractivity contribution is -0.166. The standard InChI is InChI=1S/C40H52N4O6/c1-9-47-38(45)36(50-39(4,5)6)35-27(3)41-34-25-32-29-15-12-14-28(23-29)31-24-30(46-8)16-17-33(31)49-26(2)13-10-11-22-48-40(7)18-20-43(21-19-40)37(35)44(34)42-32/h12,14-17,23-26,36H,9-11,13,18-22H2,1-8H3/t26-,36-/m0/s1. The number of rotatable bonds is 5. The Labute approximate surface area is 296 Å². The van der Waals surface area contributed by atoms with Crippen LogP contribution in [0.2, 0.25) is 0 Å². The summed E-state index contributed by atoms with van der Waals surface area (Å²) in [7, 11) is 1.68. The predicted molar refractivity (Wildman–Crippen MR) is 195 cm³/mol. The molecule has 50 heavy (non-hydrogen) atoms. The van der Waals surface area contributed by atoms with E-state index in [1.54, 1.807) is 7.11 Å². The number of carbonyl (C=O) groups is 1. The van der Waals surface area contributed by atoms with E-state index < -0.39 is 17.7 Å². The fourth-order valence-corrected chi connectivity index (χ4v) is 6.94. The van der Waals surface area contributed by atoms with Crippen LogP contribution in [0.5, 0.6) is 11.5 Å². The largest absolute Gasteiger partial charge is 0.497 e. The molecule has 3 aliphatic heterocycles. The first-order chi connectivity index (χ1) is 23.9. The van der Waals surface area contributed by atoms with E-state index in [0.717, 1.165) is 84.9 Å². The molecule has 0 saturated carbocycles. The van der Waals surface area contributed by atoms with Gasteiger partial charge in [-0.25, -0.2) is 9.78 Å². The number of anilines is 1. The summed E-state index contributed by atoms with van der Waals surface area (Å²) < 4.78 is 32.7. The molecule has 6 bridgehead atoms. The Bertz CT molecular complexity index is 1820. The van der Waals surface area contributed by atoms with Crippen molar-refractivity contribution < 1.29 is 28.5 Å². The maximum Gasteiger partial charge on any atom is 0.340 e. The molecule has 268 valence electrons. The number of nitrogens with zero attached hydrogens (tertiary/aromatic N) is 4. The molecule has 0 amide bonds. The van der Waals surface area contributed by atoms with Crippen LogP contribution in [-0.4, -0.2) is 71.3 Å². The Morgan fingerprint density at radius 3 is 2.56 bits per heavy atom. The molecular weight excluding hydrogens is 632 g/mol. The second kappa shape index (κ2) is 14.6. The average molecular weight is 685 g/mol. The third-order valence-electron chi connectivity index (χ3n) is 9.60. The molecule has 4 aromatic rings. The highest BCUT2D eigenvalue weighted by molar-refractivity contribution is 5.81. The molecule has 1 saturated heterocycles. The van der Waals surface area contributed by atoms with E-state index in [9.17, 15) is 4.79 Å². The third kappa shape index (κ3) is 7.76. The maximum atomic E-state index is 13.7. The fourth-order valence-electron chi connectivity index (χ4n) is 6.94. The zero-order valence-corrected chi connectivity index (χ0v) is 30.9. The molecule has 10 heteroatoms. The summed E-state index contributed by atoms with van der Waals surface area (Å²) in [5, 5.41) is 5.20. The van der Waals surface area contributed by atoms with Crippen LogP contribution in [0, 0.1) is 6.92 Å². The van der Waals surface area contributed by atoms with Gasteiger partial charge in [0.25, 0.3) is 0 Å². The minimum absolute atomic E-state index is 0.0378. The number of hydrogen-bond acceptors (Lipinski definition) is 9. The minimum atomic E-state index is -0.984. The first-order valence-electron chi connectivity index (χ1n) is 18.0. The molecule has 2 aromatic carbocycles. The highest BCUT2D eigenvalue weighted by Gasteiger charge is 2.38. The molecule has 3 aliphatic rings. The first-order valence-corrected chi connectivity index (χ1v) is 18.0. The molecule has 0 unspecified atom stereocenters. The highest BCUT2D eigenvalue weighted by Crippen LogP contribution is 2.40. The number of piperidine rings is 1. The zero-order valence-electron chi connectivity index (χ0n) is 30.9. The SMILES string of the molecule is CCOC(=O)[C@@H](OC(C)(C)C)c1c(C)nc2cc3nn2c1N1CCC(C)(CC1)OCCCC[C@H](C)Oc1ccc(OC)cc1-c1cccc-3c1. The number of methoxy groups -OCH3 is 1. The summed E-state index contributed by atoms with van der Waals surface area (Å²) in [6, 6.07) is 16.3. The molecule has 0 spiro atoms. The first kappa shape index (κ1) is 35.7. The predicted octanol–water partition coefficient (Wildman–Crippen LogP) is 8.13. The highest BCUT2D eigenvalue weighted by atomic mass is 16.6. The van der Waals surface area contributed by atoms with E-state index in [0.29, 0.717) is 23.5 Å².